The quantitative estimate of drug-likeness (QED) is 0.633. The molecule has 0 aliphatic heterocycles. The van der Waals surface area contributed by atoms with Crippen molar-refractivity contribution in [3.8, 4) is 5.75 Å². The normalized spacial score (nSPS) is 8.20. The maximum Gasteiger partial charge on any atom is 0.149 e. The predicted octanol–water partition coefficient (Wildman–Crippen LogP) is 1.67. The molecule has 0 heterocycles. The van der Waals surface area contributed by atoms with Crippen molar-refractivity contribution >= 4 is 12.4 Å². The van der Waals surface area contributed by atoms with Crippen molar-refractivity contribution in [2.24, 2.45) is 5.90 Å². The van der Waals surface area contributed by atoms with Gasteiger partial charge in [-0.1, -0.05) is 18.2 Å². The van der Waals surface area contributed by atoms with Crippen LogP contribution in [0.5, 0.6) is 5.75 Å². The number of para-hydroxylation sites is 1. The monoisotopic (exact) mass is 159 g/mol. The topological polar surface area (TPSA) is 35.2 Å². The minimum Gasteiger partial charge on any atom is -0.411 e. The van der Waals surface area contributed by atoms with E-state index in [0.717, 1.165) is 11.3 Å². The summed E-state index contributed by atoms with van der Waals surface area (Å²) >= 11 is 0. The third-order valence-electron chi connectivity index (χ3n) is 1.22. The van der Waals surface area contributed by atoms with Crippen LogP contribution in [0.2, 0.25) is 0 Å². The molecule has 0 unspecified atom stereocenters. The predicted molar refractivity (Wildman–Crippen MR) is 43.2 cm³/mol. The van der Waals surface area contributed by atoms with E-state index in [-0.39, 0.29) is 12.4 Å². The highest BCUT2D eigenvalue weighted by molar-refractivity contribution is 5.85. The lowest BCUT2D eigenvalue weighted by Crippen LogP contribution is -2.02. The van der Waals surface area contributed by atoms with Gasteiger partial charge < -0.3 is 4.84 Å². The summed E-state index contributed by atoms with van der Waals surface area (Å²) in [5.74, 6) is 5.68. The smallest absolute Gasteiger partial charge is 0.149 e. The molecule has 56 valence electrons. The van der Waals surface area contributed by atoms with Crippen LogP contribution in [-0.2, 0) is 0 Å². The molecular weight excluding hydrogens is 150 g/mol. The molecule has 0 fully saturated rings. The highest BCUT2D eigenvalue weighted by Crippen LogP contribution is 2.13. The number of benzene rings is 1. The molecule has 0 saturated carbocycles. The molecule has 0 spiro atoms. The summed E-state index contributed by atoms with van der Waals surface area (Å²) in [5, 5.41) is 0. The molecule has 0 aromatic heterocycles. The Kier molecular flexibility index (Phi) is 3.84. The van der Waals surface area contributed by atoms with Crippen molar-refractivity contribution in [1.82, 2.24) is 0 Å². The summed E-state index contributed by atoms with van der Waals surface area (Å²) in [6.07, 6.45) is 0. The van der Waals surface area contributed by atoms with E-state index in [1.54, 1.807) is 0 Å². The number of hydrogen-bond donors (Lipinski definition) is 1. The van der Waals surface area contributed by atoms with Crippen LogP contribution in [0.1, 0.15) is 5.56 Å². The van der Waals surface area contributed by atoms with Gasteiger partial charge in [0.15, 0.2) is 0 Å². The maximum atomic E-state index is 4.95. The van der Waals surface area contributed by atoms with E-state index in [0.29, 0.717) is 0 Å². The molecule has 2 N–H and O–H groups in total. The summed E-state index contributed by atoms with van der Waals surface area (Å²) in [4.78, 5) is 4.54. The van der Waals surface area contributed by atoms with Gasteiger partial charge in [-0.15, -0.1) is 12.4 Å². The molecule has 0 aliphatic rings. The molecule has 1 aromatic carbocycles. The van der Waals surface area contributed by atoms with Gasteiger partial charge in [0.05, 0.1) is 0 Å². The van der Waals surface area contributed by atoms with Crippen LogP contribution < -0.4 is 10.7 Å². The van der Waals surface area contributed by atoms with Crippen LogP contribution in [0, 0.1) is 6.92 Å². The van der Waals surface area contributed by atoms with Crippen LogP contribution in [0.15, 0.2) is 24.3 Å². The van der Waals surface area contributed by atoms with E-state index in [1.165, 1.54) is 0 Å². The van der Waals surface area contributed by atoms with Gasteiger partial charge in [-0.25, -0.2) is 0 Å². The summed E-state index contributed by atoms with van der Waals surface area (Å²) in [5.41, 5.74) is 1.06. The SMILES string of the molecule is Cc1ccccc1ON.Cl. The van der Waals surface area contributed by atoms with E-state index in [9.17, 15) is 0 Å². The van der Waals surface area contributed by atoms with E-state index >= 15 is 0 Å². The van der Waals surface area contributed by atoms with Crippen LogP contribution in [-0.4, -0.2) is 0 Å². The fourth-order valence-corrected chi connectivity index (χ4v) is 0.689. The Morgan fingerprint density at radius 2 is 1.90 bits per heavy atom. The van der Waals surface area contributed by atoms with Gasteiger partial charge in [-0.05, 0) is 18.6 Å². The molecule has 2 nitrogen and oxygen atoms in total. The fourth-order valence-electron chi connectivity index (χ4n) is 0.689. The Hall–Kier alpha value is -0.730. The number of hydrogen-bond acceptors (Lipinski definition) is 2. The highest BCUT2D eigenvalue weighted by Gasteiger charge is 1.91. The molecule has 10 heavy (non-hydrogen) atoms. The first kappa shape index (κ1) is 9.27. The van der Waals surface area contributed by atoms with Gasteiger partial charge in [-0.2, -0.15) is 5.90 Å². The standard InChI is InChI=1S/C7H9NO.ClH/c1-6-4-2-3-5-7(6)9-8;/h2-5H,8H2,1H3;1H. The van der Waals surface area contributed by atoms with Gasteiger partial charge in [0.2, 0.25) is 0 Å². The minimum atomic E-state index is 0. The highest BCUT2D eigenvalue weighted by atomic mass is 35.5. The lowest BCUT2D eigenvalue weighted by atomic mass is 10.2. The Morgan fingerprint density at radius 3 is 2.30 bits per heavy atom. The van der Waals surface area contributed by atoms with Crippen molar-refractivity contribution in [2.45, 2.75) is 6.92 Å². The third-order valence-corrected chi connectivity index (χ3v) is 1.22. The van der Waals surface area contributed by atoms with Crippen LogP contribution in [0.25, 0.3) is 0 Å². The molecule has 0 atom stereocenters. The molecule has 0 aliphatic carbocycles. The summed E-state index contributed by atoms with van der Waals surface area (Å²) in [7, 11) is 0. The Balaban J connectivity index is 0.000000810. The Bertz CT molecular complexity index is 203. The van der Waals surface area contributed by atoms with E-state index < -0.39 is 0 Å². The lowest BCUT2D eigenvalue weighted by molar-refractivity contribution is 0.332. The number of aryl methyl sites for hydroxylation is 1. The second-order valence-corrected chi connectivity index (χ2v) is 1.88. The first-order valence-electron chi connectivity index (χ1n) is 2.77. The summed E-state index contributed by atoms with van der Waals surface area (Å²) in [6.45, 7) is 1.95. The van der Waals surface area contributed by atoms with Gasteiger partial charge in [0.25, 0.3) is 0 Å². The first-order chi connectivity index (χ1) is 4.34. The Labute approximate surface area is 66.4 Å². The van der Waals surface area contributed by atoms with Crippen molar-refractivity contribution < 1.29 is 4.84 Å². The van der Waals surface area contributed by atoms with E-state index in [1.807, 2.05) is 31.2 Å². The number of nitrogens with two attached hydrogens (primary N) is 1. The van der Waals surface area contributed by atoms with Gasteiger partial charge in [0.1, 0.15) is 5.75 Å². The lowest BCUT2D eigenvalue weighted by Gasteiger charge is -1.99. The van der Waals surface area contributed by atoms with Gasteiger partial charge in [-0.3, -0.25) is 0 Å². The van der Waals surface area contributed by atoms with Crippen molar-refractivity contribution in [3.05, 3.63) is 29.8 Å². The zero-order chi connectivity index (χ0) is 6.69. The third kappa shape index (κ3) is 1.90. The van der Waals surface area contributed by atoms with Crippen molar-refractivity contribution in [1.29, 1.82) is 0 Å². The molecule has 0 bridgehead atoms. The minimum absolute atomic E-state index is 0. The molecule has 1 rings (SSSR count). The van der Waals surface area contributed by atoms with Gasteiger partial charge in [0, 0.05) is 0 Å². The molecule has 0 radical (unpaired) electrons. The van der Waals surface area contributed by atoms with E-state index in [2.05, 4.69) is 4.84 Å². The zero-order valence-electron chi connectivity index (χ0n) is 5.70. The molecule has 0 saturated heterocycles. The average Bonchev–Trinajstić information content (AvgIpc) is 1.89. The molecular formula is C7H10ClNO. The molecule has 1 aromatic rings. The average molecular weight is 160 g/mol. The van der Waals surface area contributed by atoms with Crippen molar-refractivity contribution in [2.75, 3.05) is 0 Å². The maximum absolute atomic E-state index is 4.95. The second kappa shape index (κ2) is 4.14. The zero-order valence-corrected chi connectivity index (χ0v) is 6.52. The second-order valence-electron chi connectivity index (χ2n) is 1.88. The largest absolute Gasteiger partial charge is 0.411 e. The van der Waals surface area contributed by atoms with E-state index in [4.69, 9.17) is 5.90 Å². The van der Waals surface area contributed by atoms with Crippen LogP contribution >= 0.6 is 12.4 Å². The molecule has 0 amide bonds. The summed E-state index contributed by atoms with van der Waals surface area (Å²) in [6, 6.07) is 7.60. The fraction of sp³-hybridized carbons (Fsp3) is 0.143. The molecule has 3 heteroatoms. The number of halogens is 1. The van der Waals surface area contributed by atoms with Crippen molar-refractivity contribution in [3.63, 3.8) is 0 Å². The summed E-state index contributed by atoms with van der Waals surface area (Å²) < 4.78 is 0. The number of rotatable bonds is 1. The van der Waals surface area contributed by atoms with Crippen LogP contribution in [0.4, 0.5) is 0 Å². The Morgan fingerprint density at radius 1 is 1.30 bits per heavy atom. The van der Waals surface area contributed by atoms with Crippen LogP contribution in [0.3, 0.4) is 0 Å². The van der Waals surface area contributed by atoms with Gasteiger partial charge >= 0.3 is 0 Å². The first-order valence-corrected chi connectivity index (χ1v) is 2.77.